The molecule has 4 heteroatoms. The Bertz CT molecular complexity index is 722. The lowest BCUT2D eigenvalue weighted by atomic mass is 10.0. The second kappa shape index (κ2) is 5.79. The van der Waals surface area contributed by atoms with Gasteiger partial charge in [-0.1, -0.05) is 30.3 Å². The van der Waals surface area contributed by atoms with Crippen LogP contribution in [0.5, 0.6) is 0 Å². The van der Waals surface area contributed by atoms with Crippen molar-refractivity contribution in [3.8, 4) is 11.5 Å². The number of benzene rings is 2. The van der Waals surface area contributed by atoms with Gasteiger partial charge in [-0.15, -0.1) is 10.2 Å². The molecular formula is C17H17N3O. The van der Waals surface area contributed by atoms with Crippen molar-refractivity contribution in [2.45, 2.75) is 19.9 Å². The first kappa shape index (κ1) is 13.4. The first-order chi connectivity index (χ1) is 10.2. The number of aromatic nitrogens is 2. The molecule has 0 bridgehead atoms. The maximum absolute atomic E-state index is 5.23. The highest BCUT2D eigenvalue weighted by atomic mass is 16.4. The van der Waals surface area contributed by atoms with E-state index in [-0.39, 0.29) is 6.04 Å². The van der Waals surface area contributed by atoms with Gasteiger partial charge in [0.15, 0.2) is 0 Å². The van der Waals surface area contributed by atoms with E-state index < -0.39 is 0 Å². The quantitative estimate of drug-likeness (QED) is 0.777. The third-order valence-corrected chi connectivity index (χ3v) is 3.51. The maximum atomic E-state index is 5.23. The fraction of sp³-hybridized carbons (Fsp3) is 0.176. The monoisotopic (exact) mass is 279 g/mol. The normalized spacial score (nSPS) is 12.1. The van der Waals surface area contributed by atoms with E-state index in [0.717, 1.165) is 11.3 Å². The van der Waals surface area contributed by atoms with E-state index >= 15 is 0 Å². The minimum Gasteiger partial charge on any atom is -0.423 e. The van der Waals surface area contributed by atoms with Gasteiger partial charge in [-0.25, -0.2) is 0 Å². The largest absolute Gasteiger partial charge is 0.423 e. The first-order valence-electron chi connectivity index (χ1n) is 6.93. The van der Waals surface area contributed by atoms with Crippen LogP contribution in [-0.2, 0) is 0 Å². The van der Waals surface area contributed by atoms with Crippen LogP contribution in [0, 0.1) is 6.92 Å². The highest BCUT2D eigenvalue weighted by Gasteiger charge is 2.09. The third-order valence-electron chi connectivity index (χ3n) is 3.51. The molecule has 1 heterocycles. The summed E-state index contributed by atoms with van der Waals surface area (Å²) in [7, 11) is 0. The third kappa shape index (κ3) is 2.94. The Kier molecular flexibility index (Phi) is 3.69. The summed E-state index contributed by atoms with van der Waals surface area (Å²) in [4.78, 5) is 0. The summed E-state index contributed by atoms with van der Waals surface area (Å²) in [5.41, 5.74) is 4.52. The van der Waals surface area contributed by atoms with Crippen molar-refractivity contribution in [3.05, 3.63) is 66.1 Å². The highest BCUT2D eigenvalue weighted by Crippen LogP contribution is 2.25. The molecule has 0 aliphatic rings. The number of nitrogens with zero attached hydrogens (tertiary/aromatic N) is 2. The van der Waals surface area contributed by atoms with Gasteiger partial charge in [0.1, 0.15) is 0 Å². The number of hydrogen-bond acceptors (Lipinski definition) is 4. The lowest BCUT2D eigenvalue weighted by molar-refractivity contribution is 0.568. The van der Waals surface area contributed by atoms with E-state index in [0.29, 0.717) is 5.89 Å². The molecule has 0 radical (unpaired) electrons. The summed E-state index contributed by atoms with van der Waals surface area (Å²) >= 11 is 0. The number of aryl methyl sites for hydroxylation is 1. The molecule has 1 aromatic heterocycles. The first-order valence-corrected chi connectivity index (χ1v) is 6.93. The second-order valence-corrected chi connectivity index (χ2v) is 5.05. The average Bonchev–Trinajstić information content (AvgIpc) is 3.02. The predicted octanol–water partition coefficient (Wildman–Crippen LogP) is 4.22. The maximum Gasteiger partial charge on any atom is 0.247 e. The van der Waals surface area contributed by atoms with Gasteiger partial charge in [0.25, 0.3) is 0 Å². The second-order valence-electron chi connectivity index (χ2n) is 5.05. The van der Waals surface area contributed by atoms with Crippen LogP contribution < -0.4 is 5.32 Å². The van der Waals surface area contributed by atoms with Crippen LogP contribution in [0.25, 0.3) is 11.5 Å². The molecule has 21 heavy (non-hydrogen) atoms. The van der Waals surface area contributed by atoms with Crippen LogP contribution in [0.4, 0.5) is 5.69 Å². The molecule has 1 unspecified atom stereocenters. The van der Waals surface area contributed by atoms with Crippen LogP contribution in [-0.4, -0.2) is 10.2 Å². The number of hydrogen-bond donors (Lipinski definition) is 1. The van der Waals surface area contributed by atoms with E-state index in [1.54, 1.807) is 0 Å². The SMILES string of the molecule is Cc1ccccc1C(C)Nc1cccc(-c2nnco2)c1. The Labute approximate surface area is 123 Å². The van der Waals surface area contributed by atoms with E-state index in [2.05, 4.69) is 53.6 Å². The van der Waals surface area contributed by atoms with Gasteiger partial charge < -0.3 is 9.73 Å². The van der Waals surface area contributed by atoms with E-state index in [1.165, 1.54) is 17.5 Å². The van der Waals surface area contributed by atoms with Gasteiger partial charge in [-0.3, -0.25) is 0 Å². The number of nitrogens with one attached hydrogen (secondary N) is 1. The zero-order valence-corrected chi connectivity index (χ0v) is 12.1. The Morgan fingerprint density at radius 3 is 2.71 bits per heavy atom. The van der Waals surface area contributed by atoms with Crippen molar-refractivity contribution in [3.63, 3.8) is 0 Å². The van der Waals surface area contributed by atoms with Crippen molar-refractivity contribution in [2.75, 3.05) is 5.32 Å². The molecule has 1 atom stereocenters. The van der Waals surface area contributed by atoms with Crippen molar-refractivity contribution in [1.29, 1.82) is 0 Å². The Morgan fingerprint density at radius 1 is 1.10 bits per heavy atom. The van der Waals surface area contributed by atoms with Gasteiger partial charge in [0.2, 0.25) is 12.3 Å². The minimum absolute atomic E-state index is 0.226. The topological polar surface area (TPSA) is 51.0 Å². The van der Waals surface area contributed by atoms with Crippen LogP contribution >= 0.6 is 0 Å². The van der Waals surface area contributed by atoms with E-state index in [9.17, 15) is 0 Å². The molecule has 3 rings (SSSR count). The van der Waals surface area contributed by atoms with Crippen molar-refractivity contribution in [1.82, 2.24) is 10.2 Å². The molecule has 0 amide bonds. The van der Waals surface area contributed by atoms with Gasteiger partial charge in [0.05, 0.1) is 0 Å². The number of anilines is 1. The van der Waals surface area contributed by atoms with Crippen LogP contribution in [0.1, 0.15) is 24.1 Å². The summed E-state index contributed by atoms with van der Waals surface area (Å²) in [5.74, 6) is 0.530. The minimum atomic E-state index is 0.226. The van der Waals surface area contributed by atoms with Gasteiger partial charge in [-0.2, -0.15) is 0 Å². The van der Waals surface area contributed by atoms with Crippen LogP contribution in [0.15, 0.2) is 59.3 Å². The molecule has 106 valence electrons. The zero-order valence-electron chi connectivity index (χ0n) is 12.1. The molecule has 0 aliphatic heterocycles. The van der Waals surface area contributed by atoms with Crippen molar-refractivity contribution in [2.24, 2.45) is 0 Å². The summed E-state index contributed by atoms with van der Waals surface area (Å²) in [6, 6.07) is 16.6. The van der Waals surface area contributed by atoms with Gasteiger partial charge >= 0.3 is 0 Å². The molecule has 1 N–H and O–H groups in total. The zero-order chi connectivity index (χ0) is 14.7. The molecule has 0 aliphatic carbocycles. The van der Waals surface area contributed by atoms with Gasteiger partial charge in [0, 0.05) is 17.3 Å². The smallest absolute Gasteiger partial charge is 0.247 e. The molecule has 0 saturated carbocycles. The number of rotatable bonds is 4. The summed E-state index contributed by atoms with van der Waals surface area (Å²) < 4.78 is 5.23. The lowest BCUT2D eigenvalue weighted by Crippen LogP contribution is -2.08. The van der Waals surface area contributed by atoms with Crippen LogP contribution in [0.3, 0.4) is 0 Å². The van der Waals surface area contributed by atoms with Crippen LogP contribution in [0.2, 0.25) is 0 Å². The van der Waals surface area contributed by atoms with Crippen molar-refractivity contribution < 1.29 is 4.42 Å². The molecule has 0 saturated heterocycles. The van der Waals surface area contributed by atoms with E-state index in [4.69, 9.17) is 4.42 Å². The highest BCUT2D eigenvalue weighted by molar-refractivity contribution is 5.61. The Balaban J connectivity index is 1.82. The molecular weight excluding hydrogens is 262 g/mol. The predicted molar refractivity (Wildman–Crippen MR) is 83.0 cm³/mol. The summed E-state index contributed by atoms with van der Waals surface area (Å²) in [6.07, 6.45) is 1.34. The summed E-state index contributed by atoms with van der Waals surface area (Å²) in [5, 5.41) is 11.2. The fourth-order valence-electron chi connectivity index (χ4n) is 2.44. The molecule has 0 fully saturated rings. The molecule has 4 nitrogen and oxygen atoms in total. The van der Waals surface area contributed by atoms with Crippen molar-refractivity contribution >= 4 is 5.69 Å². The molecule has 3 aromatic rings. The fourth-order valence-corrected chi connectivity index (χ4v) is 2.44. The average molecular weight is 279 g/mol. The van der Waals surface area contributed by atoms with Gasteiger partial charge in [-0.05, 0) is 43.2 Å². The molecule has 2 aromatic carbocycles. The standard InChI is InChI=1S/C17H17N3O/c1-12-6-3-4-9-16(12)13(2)19-15-8-5-7-14(10-15)17-20-18-11-21-17/h3-11,13,19H,1-2H3. The van der Waals surface area contributed by atoms with E-state index in [1.807, 2.05) is 24.3 Å². The summed E-state index contributed by atoms with van der Waals surface area (Å²) in [6.45, 7) is 4.28. The Hall–Kier alpha value is -2.62. The Morgan fingerprint density at radius 2 is 1.95 bits per heavy atom. The molecule has 0 spiro atoms. The lowest BCUT2D eigenvalue weighted by Gasteiger charge is -2.18.